The van der Waals surface area contributed by atoms with Crippen molar-refractivity contribution in [2.24, 2.45) is 7.05 Å². The second-order valence-corrected chi connectivity index (χ2v) is 7.79. The summed E-state index contributed by atoms with van der Waals surface area (Å²) in [6, 6.07) is 2.06. The van der Waals surface area contributed by atoms with Gasteiger partial charge in [0.2, 0.25) is 0 Å². The maximum atomic E-state index is 5.88. The van der Waals surface area contributed by atoms with Gasteiger partial charge in [-0.05, 0) is 44.8 Å². The van der Waals surface area contributed by atoms with E-state index in [2.05, 4.69) is 31.2 Å². The molecule has 25 heavy (non-hydrogen) atoms. The summed E-state index contributed by atoms with van der Waals surface area (Å²) in [6.45, 7) is 3.89. The number of nitrogens with zero attached hydrogens (tertiary/aromatic N) is 5. The van der Waals surface area contributed by atoms with Crippen molar-refractivity contribution in [2.45, 2.75) is 55.2 Å². The van der Waals surface area contributed by atoms with E-state index in [1.807, 2.05) is 17.9 Å². The fourth-order valence-corrected chi connectivity index (χ4v) is 4.62. The first-order valence-corrected chi connectivity index (χ1v) is 10.1. The van der Waals surface area contributed by atoms with Gasteiger partial charge in [-0.15, -0.1) is 10.2 Å². The van der Waals surface area contributed by atoms with Crippen molar-refractivity contribution in [3.8, 4) is 0 Å². The zero-order chi connectivity index (χ0) is 17.1. The zero-order valence-corrected chi connectivity index (χ0v) is 15.5. The molecule has 0 aliphatic carbocycles. The topological polar surface area (TPSA) is 69.8 Å². The van der Waals surface area contributed by atoms with Crippen LogP contribution in [0.25, 0.3) is 0 Å². The van der Waals surface area contributed by atoms with Crippen LogP contribution in [0.5, 0.6) is 0 Å². The third-order valence-corrected chi connectivity index (χ3v) is 6.13. The molecule has 4 heterocycles. The molecule has 0 unspecified atom stereocenters. The second-order valence-electron chi connectivity index (χ2n) is 6.85. The normalized spacial score (nSPS) is 21.9. The number of hydrogen-bond acceptors (Lipinski definition) is 6. The highest BCUT2D eigenvalue weighted by molar-refractivity contribution is 7.98. The fraction of sp³-hybridized carbons (Fsp3) is 0.706. The SMILES string of the molecule is Cn1nccc1CSc1nnc(C2CCNCC2)n1C[C@H]1CCCO1. The molecule has 8 heteroatoms. The van der Waals surface area contributed by atoms with Gasteiger partial charge in [0.15, 0.2) is 5.16 Å². The molecule has 0 radical (unpaired) electrons. The third kappa shape index (κ3) is 3.91. The first kappa shape index (κ1) is 17.1. The maximum Gasteiger partial charge on any atom is 0.191 e. The number of piperidine rings is 1. The monoisotopic (exact) mass is 362 g/mol. The van der Waals surface area contributed by atoms with Crippen LogP contribution in [0.2, 0.25) is 0 Å². The van der Waals surface area contributed by atoms with Gasteiger partial charge in [-0.2, -0.15) is 5.10 Å². The number of thioether (sulfide) groups is 1. The van der Waals surface area contributed by atoms with Crippen molar-refractivity contribution < 1.29 is 4.74 Å². The van der Waals surface area contributed by atoms with Crippen LogP contribution in [-0.2, 0) is 24.1 Å². The number of hydrogen-bond donors (Lipinski definition) is 1. The Morgan fingerprint density at radius 3 is 2.88 bits per heavy atom. The van der Waals surface area contributed by atoms with Crippen LogP contribution >= 0.6 is 11.8 Å². The Kier molecular flexibility index (Phi) is 5.38. The lowest BCUT2D eigenvalue weighted by atomic mass is 9.97. The Hall–Kier alpha value is -1.38. The van der Waals surface area contributed by atoms with E-state index in [0.717, 1.165) is 68.7 Å². The summed E-state index contributed by atoms with van der Waals surface area (Å²) < 4.78 is 10.1. The van der Waals surface area contributed by atoms with Gasteiger partial charge in [-0.3, -0.25) is 4.68 Å². The second kappa shape index (κ2) is 7.88. The van der Waals surface area contributed by atoms with E-state index in [1.54, 1.807) is 11.8 Å². The molecule has 2 fully saturated rings. The summed E-state index contributed by atoms with van der Waals surface area (Å²) >= 11 is 1.74. The van der Waals surface area contributed by atoms with Crippen molar-refractivity contribution in [3.63, 3.8) is 0 Å². The molecular formula is C17H26N6OS. The van der Waals surface area contributed by atoms with E-state index >= 15 is 0 Å². The molecule has 0 aromatic carbocycles. The predicted octanol–water partition coefficient (Wildman–Crippen LogP) is 1.95. The van der Waals surface area contributed by atoms with Crippen molar-refractivity contribution in [3.05, 3.63) is 23.8 Å². The van der Waals surface area contributed by atoms with Gasteiger partial charge >= 0.3 is 0 Å². The standard InChI is InChI=1S/C17H26N6OS/c1-22-14(6-9-19-22)12-25-17-21-20-16(13-4-7-18-8-5-13)23(17)11-15-3-2-10-24-15/h6,9,13,15,18H,2-5,7-8,10-12H2,1H3/t15-/m1/s1. The quantitative estimate of drug-likeness (QED) is 0.792. The number of ether oxygens (including phenoxy) is 1. The van der Waals surface area contributed by atoms with Crippen molar-refractivity contribution in [2.75, 3.05) is 19.7 Å². The number of nitrogens with one attached hydrogen (secondary N) is 1. The Bertz CT molecular complexity index is 687. The van der Waals surface area contributed by atoms with E-state index in [1.165, 1.54) is 5.69 Å². The minimum atomic E-state index is 0.299. The Morgan fingerprint density at radius 1 is 1.28 bits per heavy atom. The Balaban J connectivity index is 1.53. The molecule has 2 aliphatic rings. The molecule has 7 nitrogen and oxygen atoms in total. The lowest BCUT2D eigenvalue weighted by Crippen LogP contribution is -2.29. The third-order valence-electron chi connectivity index (χ3n) is 5.13. The first-order chi connectivity index (χ1) is 12.3. The van der Waals surface area contributed by atoms with Crippen LogP contribution in [0, 0.1) is 0 Å². The summed E-state index contributed by atoms with van der Waals surface area (Å²) in [5.74, 6) is 2.50. The highest BCUT2D eigenvalue weighted by Crippen LogP contribution is 2.30. The molecule has 2 aromatic rings. The van der Waals surface area contributed by atoms with Gasteiger partial charge in [-0.1, -0.05) is 11.8 Å². The minimum absolute atomic E-state index is 0.299. The molecule has 0 bridgehead atoms. The summed E-state index contributed by atoms with van der Waals surface area (Å²) in [6.07, 6.45) is 6.70. The van der Waals surface area contributed by atoms with E-state index in [0.29, 0.717) is 12.0 Å². The predicted molar refractivity (Wildman–Crippen MR) is 96.6 cm³/mol. The molecule has 2 saturated heterocycles. The first-order valence-electron chi connectivity index (χ1n) is 9.16. The van der Waals surface area contributed by atoms with Crippen LogP contribution in [0.4, 0.5) is 0 Å². The molecular weight excluding hydrogens is 336 g/mol. The van der Waals surface area contributed by atoms with E-state index in [9.17, 15) is 0 Å². The van der Waals surface area contributed by atoms with E-state index in [-0.39, 0.29) is 0 Å². The molecule has 1 N–H and O–H groups in total. The van der Waals surface area contributed by atoms with Crippen molar-refractivity contribution >= 4 is 11.8 Å². The summed E-state index contributed by atoms with van der Waals surface area (Å²) in [5.41, 5.74) is 1.19. The molecule has 0 saturated carbocycles. The van der Waals surface area contributed by atoms with Crippen LogP contribution < -0.4 is 5.32 Å². The van der Waals surface area contributed by atoms with Crippen LogP contribution in [0.1, 0.15) is 43.1 Å². The van der Waals surface area contributed by atoms with Gasteiger partial charge in [-0.25, -0.2) is 0 Å². The largest absolute Gasteiger partial charge is 0.376 e. The minimum Gasteiger partial charge on any atom is -0.376 e. The number of aryl methyl sites for hydroxylation is 1. The van der Waals surface area contributed by atoms with Gasteiger partial charge in [0.1, 0.15) is 5.82 Å². The maximum absolute atomic E-state index is 5.88. The summed E-state index contributed by atoms with van der Waals surface area (Å²) in [5, 5.41) is 17.8. The smallest absolute Gasteiger partial charge is 0.191 e. The Labute approximate surface area is 152 Å². The van der Waals surface area contributed by atoms with Gasteiger partial charge < -0.3 is 14.6 Å². The van der Waals surface area contributed by atoms with Gasteiger partial charge in [0, 0.05) is 37.2 Å². The van der Waals surface area contributed by atoms with Gasteiger partial charge in [0.05, 0.1) is 12.6 Å². The van der Waals surface area contributed by atoms with Crippen LogP contribution in [0.3, 0.4) is 0 Å². The molecule has 136 valence electrons. The highest BCUT2D eigenvalue weighted by atomic mass is 32.2. The molecule has 0 spiro atoms. The molecule has 4 rings (SSSR count). The van der Waals surface area contributed by atoms with Crippen LogP contribution in [0.15, 0.2) is 17.4 Å². The number of rotatable bonds is 6. The molecule has 0 amide bonds. The fourth-order valence-electron chi connectivity index (χ4n) is 3.63. The van der Waals surface area contributed by atoms with E-state index in [4.69, 9.17) is 4.74 Å². The zero-order valence-electron chi connectivity index (χ0n) is 14.7. The molecule has 2 aliphatic heterocycles. The summed E-state index contributed by atoms with van der Waals surface area (Å²) in [7, 11) is 1.98. The lowest BCUT2D eigenvalue weighted by molar-refractivity contribution is 0.0936. The van der Waals surface area contributed by atoms with E-state index < -0.39 is 0 Å². The average molecular weight is 363 g/mol. The average Bonchev–Trinajstić information content (AvgIpc) is 3.37. The molecule has 2 aromatic heterocycles. The van der Waals surface area contributed by atoms with Crippen molar-refractivity contribution in [1.82, 2.24) is 29.9 Å². The summed E-state index contributed by atoms with van der Waals surface area (Å²) in [4.78, 5) is 0. The van der Waals surface area contributed by atoms with Gasteiger partial charge in [0.25, 0.3) is 0 Å². The number of aromatic nitrogens is 5. The van der Waals surface area contributed by atoms with Crippen molar-refractivity contribution in [1.29, 1.82) is 0 Å². The van der Waals surface area contributed by atoms with Crippen LogP contribution in [-0.4, -0.2) is 50.3 Å². The Morgan fingerprint density at radius 2 is 2.16 bits per heavy atom. The lowest BCUT2D eigenvalue weighted by Gasteiger charge is -2.23. The highest BCUT2D eigenvalue weighted by Gasteiger charge is 2.26. The molecule has 1 atom stereocenters.